The van der Waals surface area contributed by atoms with Crippen LogP contribution in [0.3, 0.4) is 0 Å². The van der Waals surface area contributed by atoms with Gasteiger partial charge in [-0.15, -0.1) is 19.0 Å². The minimum atomic E-state index is -0.377. The van der Waals surface area contributed by atoms with Gasteiger partial charge in [0.15, 0.2) is 17.3 Å². The molecule has 0 N–H and O–H groups in total. The molecule has 1 aromatic carbocycles. The minimum Gasteiger partial charge on any atom is -0.493 e. The van der Waals surface area contributed by atoms with E-state index in [2.05, 4.69) is 11.5 Å². The lowest BCUT2D eigenvalue weighted by Crippen LogP contribution is -2.37. The minimum absolute atomic E-state index is 0. The number of ether oxygens (including phenoxy) is 3. The zero-order valence-corrected chi connectivity index (χ0v) is 17.6. The van der Waals surface area contributed by atoms with E-state index >= 15 is 0 Å². The van der Waals surface area contributed by atoms with Gasteiger partial charge in [0.1, 0.15) is 0 Å². The van der Waals surface area contributed by atoms with E-state index in [9.17, 15) is 4.79 Å². The molecule has 27 heavy (non-hydrogen) atoms. The first-order valence-corrected chi connectivity index (χ1v) is 8.71. The van der Waals surface area contributed by atoms with E-state index in [0.29, 0.717) is 23.7 Å². The summed E-state index contributed by atoms with van der Waals surface area (Å²) in [6, 6.07) is 3.72. The molecule has 1 aliphatic carbocycles. The number of allylic oxidation sites excluding steroid dienone is 2. The maximum Gasteiger partial charge on any atom is 0.203 e. The number of benzene rings is 1. The van der Waals surface area contributed by atoms with Crippen LogP contribution in [-0.2, 0) is 4.79 Å². The van der Waals surface area contributed by atoms with Crippen LogP contribution >= 0.6 is 12.4 Å². The lowest BCUT2D eigenvalue weighted by Gasteiger charge is -2.29. The van der Waals surface area contributed by atoms with Gasteiger partial charge in [0.2, 0.25) is 5.75 Å². The Bertz CT molecular complexity index is 689. The van der Waals surface area contributed by atoms with Crippen LogP contribution in [-0.4, -0.2) is 52.7 Å². The zero-order valence-electron chi connectivity index (χ0n) is 16.8. The van der Waals surface area contributed by atoms with Crippen LogP contribution in [0.15, 0.2) is 30.4 Å². The number of halogens is 1. The maximum absolute atomic E-state index is 13.2. The summed E-state index contributed by atoms with van der Waals surface area (Å²) in [7, 11) is 8.74. The predicted octanol–water partition coefficient (Wildman–Crippen LogP) is 4.00. The molecule has 0 bridgehead atoms. The molecule has 6 heteroatoms. The summed E-state index contributed by atoms with van der Waals surface area (Å²) in [5, 5.41) is 0. The van der Waals surface area contributed by atoms with Gasteiger partial charge in [0.05, 0.1) is 21.3 Å². The van der Waals surface area contributed by atoms with Crippen LogP contribution in [0.2, 0.25) is 0 Å². The van der Waals surface area contributed by atoms with Gasteiger partial charge in [-0.25, -0.2) is 0 Å². The van der Waals surface area contributed by atoms with E-state index in [4.69, 9.17) is 14.2 Å². The highest BCUT2D eigenvalue weighted by Crippen LogP contribution is 2.44. The third-order valence-corrected chi connectivity index (χ3v) is 4.83. The molecule has 0 radical (unpaired) electrons. The first-order valence-electron chi connectivity index (χ1n) is 8.71. The molecule has 1 aromatic rings. The number of methoxy groups -OCH3 is 3. The van der Waals surface area contributed by atoms with E-state index in [1.807, 2.05) is 38.4 Å². The van der Waals surface area contributed by atoms with Crippen LogP contribution in [0.5, 0.6) is 17.2 Å². The molecule has 0 heterocycles. The third-order valence-electron chi connectivity index (χ3n) is 4.83. The molecule has 0 aromatic heterocycles. The average Bonchev–Trinajstić information content (AvgIpc) is 2.90. The highest BCUT2D eigenvalue weighted by Gasteiger charge is 2.44. The Hall–Kier alpha value is -1.98. The smallest absolute Gasteiger partial charge is 0.203 e. The van der Waals surface area contributed by atoms with Crippen LogP contribution < -0.4 is 14.2 Å². The molecule has 150 valence electrons. The molecule has 5 nitrogen and oxygen atoms in total. The van der Waals surface area contributed by atoms with Crippen LogP contribution in [0.4, 0.5) is 0 Å². The number of carbonyl (C=O) groups is 1. The molecule has 0 saturated heterocycles. The number of ketones is 1. The summed E-state index contributed by atoms with van der Waals surface area (Å²) in [5.74, 6) is 1.91. The molecular formula is C21H30ClNO4. The van der Waals surface area contributed by atoms with Gasteiger partial charge in [0, 0.05) is 12.0 Å². The number of rotatable bonds is 8. The Morgan fingerprint density at radius 3 is 2.19 bits per heavy atom. The van der Waals surface area contributed by atoms with Gasteiger partial charge in [-0.1, -0.05) is 6.08 Å². The van der Waals surface area contributed by atoms with Crippen molar-refractivity contribution in [1.82, 2.24) is 4.90 Å². The molecule has 1 saturated carbocycles. The summed E-state index contributed by atoms with van der Waals surface area (Å²) >= 11 is 0. The molecule has 0 spiro atoms. The van der Waals surface area contributed by atoms with Gasteiger partial charge in [-0.3, -0.25) is 4.79 Å². The van der Waals surface area contributed by atoms with E-state index < -0.39 is 0 Å². The fraction of sp³-hybridized carbons (Fsp3) is 0.476. The number of hydrogen-bond acceptors (Lipinski definition) is 5. The zero-order chi connectivity index (χ0) is 19.3. The second-order valence-electron chi connectivity index (χ2n) is 6.97. The van der Waals surface area contributed by atoms with Crippen molar-refractivity contribution in [2.45, 2.75) is 19.3 Å². The molecule has 1 atom stereocenters. The second kappa shape index (κ2) is 9.81. The Morgan fingerprint density at radius 2 is 1.74 bits per heavy atom. The van der Waals surface area contributed by atoms with E-state index in [-0.39, 0.29) is 23.6 Å². The highest BCUT2D eigenvalue weighted by molar-refractivity contribution is 6.06. The predicted molar refractivity (Wildman–Crippen MR) is 111 cm³/mol. The second-order valence-corrected chi connectivity index (χ2v) is 6.97. The average molecular weight is 396 g/mol. The molecule has 1 unspecified atom stereocenters. The Kier molecular flexibility index (Phi) is 8.38. The van der Waals surface area contributed by atoms with Gasteiger partial charge < -0.3 is 19.1 Å². The summed E-state index contributed by atoms with van der Waals surface area (Å²) < 4.78 is 16.2. The Labute approximate surface area is 168 Å². The molecule has 0 amide bonds. The van der Waals surface area contributed by atoms with E-state index in [0.717, 1.165) is 30.5 Å². The van der Waals surface area contributed by atoms with Crippen molar-refractivity contribution >= 4 is 24.3 Å². The fourth-order valence-electron chi connectivity index (χ4n) is 3.76. The fourth-order valence-corrected chi connectivity index (χ4v) is 3.76. The van der Waals surface area contributed by atoms with Crippen molar-refractivity contribution in [3.63, 3.8) is 0 Å². The van der Waals surface area contributed by atoms with Crippen molar-refractivity contribution in [2.75, 3.05) is 42.0 Å². The highest BCUT2D eigenvalue weighted by atomic mass is 35.5. The normalized spacial score (nSPS) is 20.5. The van der Waals surface area contributed by atoms with Crippen LogP contribution in [0, 0.1) is 5.41 Å². The third kappa shape index (κ3) is 4.85. The van der Waals surface area contributed by atoms with Gasteiger partial charge in [0.25, 0.3) is 0 Å². The summed E-state index contributed by atoms with van der Waals surface area (Å²) in [5.41, 5.74) is 1.32. The Morgan fingerprint density at radius 1 is 1.15 bits per heavy atom. The first kappa shape index (κ1) is 23.1. The standard InChI is InChI=1S/C21H29NO4.ClH/c1-7-9-21(14-22(2)3)10-8-16(20(21)23)11-15-12-17(24-4)19(26-6)18(13-15)25-5;/h7,11-13H,1,8-10,14H2,2-6H3;1H/b16-11+;. The number of nitrogens with zero attached hydrogens (tertiary/aromatic N) is 1. The number of Topliss-reactive ketones (excluding diaryl/α,β-unsaturated/α-hetero) is 1. The lowest BCUT2D eigenvalue weighted by molar-refractivity contribution is -0.123. The van der Waals surface area contributed by atoms with Crippen molar-refractivity contribution < 1.29 is 19.0 Å². The summed E-state index contributed by atoms with van der Waals surface area (Å²) in [6.07, 6.45) is 6.08. The maximum atomic E-state index is 13.2. The summed E-state index contributed by atoms with van der Waals surface area (Å²) in [6.45, 7) is 4.57. The quantitative estimate of drug-likeness (QED) is 0.491. The molecule has 2 rings (SSSR count). The number of carbonyl (C=O) groups excluding carboxylic acids is 1. The SMILES string of the molecule is C=CCC1(CN(C)C)CC/C(=C\c2cc(OC)c(OC)c(OC)c2)C1=O.Cl. The Balaban J connectivity index is 0.00000364. The molecule has 1 aliphatic rings. The van der Waals surface area contributed by atoms with Crippen LogP contribution in [0.25, 0.3) is 6.08 Å². The van der Waals surface area contributed by atoms with Gasteiger partial charge >= 0.3 is 0 Å². The number of hydrogen-bond donors (Lipinski definition) is 0. The van der Waals surface area contributed by atoms with Crippen molar-refractivity contribution in [3.05, 3.63) is 35.9 Å². The van der Waals surface area contributed by atoms with Crippen LogP contribution in [0.1, 0.15) is 24.8 Å². The van der Waals surface area contributed by atoms with Gasteiger partial charge in [-0.2, -0.15) is 0 Å². The lowest BCUT2D eigenvalue weighted by atomic mass is 9.81. The monoisotopic (exact) mass is 395 g/mol. The first-order chi connectivity index (χ1) is 12.4. The van der Waals surface area contributed by atoms with E-state index in [1.54, 1.807) is 21.3 Å². The topological polar surface area (TPSA) is 48.0 Å². The molecule has 0 aliphatic heterocycles. The van der Waals surface area contributed by atoms with Crippen molar-refractivity contribution in [1.29, 1.82) is 0 Å². The van der Waals surface area contributed by atoms with Gasteiger partial charge in [-0.05, 0) is 62.7 Å². The summed E-state index contributed by atoms with van der Waals surface area (Å²) in [4.78, 5) is 15.2. The molecular weight excluding hydrogens is 366 g/mol. The van der Waals surface area contributed by atoms with Crippen molar-refractivity contribution in [3.8, 4) is 17.2 Å². The van der Waals surface area contributed by atoms with E-state index in [1.165, 1.54) is 0 Å². The van der Waals surface area contributed by atoms with Crippen molar-refractivity contribution in [2.24, 2.45) is 5.41 Å². The largest absolute Gasteiger partial charge is 0.493 e. The molecule has 1 fully saturated rings.